The highest BCUT2D eigenvalue weighted by Crippen LogP contribution is 2.54. The van der Waals surface area contributed by atoms with Crippen LogP contribution in [0.15, 0.2) is 4.99 Å². The lowest BCUT2D eigenvalue weighted by atomic mass is 9.79. The fraction of sp³-hybridized carbons (Fsp3) is 0.778. The van der Waals surface area contributed by atoms with E-state index in [0.29, 0.717) is 6.42 Å². The van der Waals surface area contributed by atoms with E-state index in [9.17, 15) is 14.4 Å². The van der Waals surface area contributed by atoms with Crippen LogP contribution in [0.1, 0.15) is 60.8 Å². The number of imide groups is 1. The molecule has 2 N–H and O–H groups in total. The van der Waals surface area contributed by atoms with Gasteiger partial charge in [0, 0.05) is 0 Å². The summed E-state index contributed by atoms with van der Waals surface area (Å²) in [7, 11) is 0. The van der Waals surface area contributed by atoms with Crippen LogP contribution in [0.5, 0.6) is 0 Å². The maximum absolute atomic E-state index is 12.3. The van der Waals surface area contributed by atoms with E-state index in [1.807, 2.05) is 20.8 Å². The van der Waals surface area contributed by atoms with Gasteiger partial charge in [0.25, 0.3) is 0 Å². The van der Waals surface area contributed by atoms with Crippen molar-refractivity contribution >= 4 is 24.1 Å². The number of carbonyl (C=O) groups is 3. The molecule has 3 amide bonds. The highest BCUT2D eigenvalue weighted by Gasteiger charge is 2.73. The molecule has 8 heteroatoms. The van der Waals surface area contributed by atoms with Crippen LogP contribution in [-0.2, 0) is 19.1 Å². The van der Waals surface area contributed by atoms with E-state index < -0.39 is 46.8 Å². The number of carbonyl (C=O) groups excluding carboxylic acids is 3. The van der Waals surface area contributed by atoms with Crippen LogP contribution in [0.25, 0.3) is 0 Å². The lowest BCUT2D eigenvalue weighted by molar-refractivity contribution is -0.136. The third kappa shape index (κ3) is 3.34. The molecule has 3 heterocycles. The Bertz CT molecular complexity index is 627. The molecule has 146 valence electrons. The molecule has 0 spiro atoms. The lowest BCUT2D eigenvalue weighted by Crippen LogP contribution is -2.56. The first-order valence-corrected chi connectivity index (χ1v) is 9.25. The number of fused-ring (bicyclic) bond motifs is 5. The van der Waals surface area contributed by atoms with Gasteiger partial charge >= 0.3 is 6.09 Å². The van der Waals surface area contributed by atoms with Crippen LogP contribution in [0.2, 0.25) is 0 Å². The van der Waals surface area contributed by atoms with Gasteiger partial charge in [-0.1, -0.05) is 27.2 Å². The number of amides is 3. The third-order valence-corrected chi connectivity index (χ3v) is 4.50. The van der Waals surface area contributed by atoms with Gasteiger partial charge in [-0.15, -0.1) is 0 Å². The molecule has 0 aromatic heterocycles. The molecule has 2 fully saturated rings. The first kappa shape index (κ1) is 20.4. The minimum Gasteiger partial charge on any atom is -0.444 e. The van der Waals surface area contributed by atoms with Gasteiger partial charge in [-0.3, -0.25) is 25.2 Å². The quantitative estimate of drug-likeness (QED) is 0.740. The minimum absolute atomic E-state index is 0.397. The van der Waals surface area contributed by atoms with E-state index in [2.05, 4.69) is 15.6 Å². The first-order valence-electron chi connectivity index (χ1n) is 9.25. The van der Waals surface area contributed by atoms with Crippen molar-refractivity contribution in [2.75, 3.05) is 0 Å². The van der Waals surface area contributed by atoms with Crippen molar-refractivity contribution in [3.05, 3.63) is 0 Å². The predicted molar refractivity (Wildman–Crippen MR) is 95.4 cm³/mol. The summed E-state index contributed by atoms with van der Waals surface area (Å²) in [5.74, 6) is -2.40. The Morgan fingerprint density at radius 2 is 1.92 bits per heavy atom. The van der Waals surface area contributed by atoms with Crippen molar-refractivity contribution in [1.29, 1.82) is 0 Å². The number of aliphatic imine (C=N–C) groups is 1. The minimum atomic E-state index is -1.43. The zero-order valence-electron chi connectivity index (χ0n) is 16.3. The number of hydrogen-bond acceptors (Lipinski definition) is 6. The molecular formula is C18H29N3O5. The largest absolute Gasteiger partial charge is 0.444 e. The molecular weight excluding hydrogens is 338 g/mol. The van der Waals surface area contributed by atoms with Gasteiger partial charge < -0.3 is 9.47 Å². The number of nitrogens with zero attached hydrogens (tertiary/aromatic N) is 1. The zero-order valence-corrected chi connectivity index (χ0v) is 16.3. The summed E-state index contributed by atoms with van der Waals surface area (Å²) < 4.78 is 11.3. The Kier molecular flexibility index (Phi) is 5.46. The van der Waals surface area contributed by atoms with E-state index in [1.54, 1.807) is 20.8 Å². The van der Waals surface area contributed by atoms with Gasteiger partial charge in [-0.05, 0) is 33.6 Å². The first-order chi connectivity index (χ1) is 12.1. The van der Waals surface area contributed by atoms with Crippen molar-refractivity contribution in [3.8, 4) is 0 Å². The molecule has 0 aromatic rings. The van der Waals surface area contributed by atoms with Crippen LogP contribution < -0.4 is 10.6 Å². The Hall–Kier alpha value is -1.96. The average molecular weight is 367 g/mol. The Labute approximate surface area is 154 Å². The molecule has 26 heavy (non-hydrogen) atoms. The molecule has 3 aliphatic heterocycles. The van der Waals surface area contributed by atoms with Gasteiger partial charge in [0.2, 0.25) is 11.8 Å². The Balaban J connectivity index is 0.00000117. The highest BCUT2D eigenvalue weighted by atomic mass is 16.6. The molecule has 2 saturated heterocycles. The van der Waals surface area contributed by atoms with Crippen LogP contribution in [-0.4, -0.2) is 41.2 Å². The molecule has 8 nitrogen and oxygen atoms in total. The lowest BCUT2D eigenvalue weighted by Gasteiger charge is -2.29. The highest BCUT2D eigenvalue weighted by molar-refractivity contribution is 6.09. The number of unbranched alkanes of at least 4 members (excludes halogenated alkanes) is 1. The monoisotopic (exact) mass is 367 g/mol. The second-order valence-electron chi connectivity index (χ2n) is 7.54. The molecule has 0 saturated carbocycles. The summed E-state index contributed by atoms with van der Waals surface area (Å²) in [5.41, 5.74) is -3.22. The summed E-state index contributed by atoms with van der Waals surface area (Å²) in [6.45, 7) is 11.2. The van der Waals surface area contributed by atoms with Gasteiger partial charge in [-0.2, -0.15) is 0 Å². The predicted octanol–water partition coefficient (Wildman–Crippen LogP) is 2.12. The molecule has 2 bridgehead atoms. The van der Waals surface area contributed by atoms with Crippen molar-refractivity contribution in [1.82, 2.24) is 10.6 Å². The van der Waals surface area contributed by atoms with E-state index >= 15 is 0 Å². The molecule has 4 unspecified atom stereocenters. The smallest absolute Gasteiger partial charge is 0.410 e. The number of alkyl carbamates (subject to hydrolysis) is 1. The summed E-state index contributed by atoms with van der Waals surface area (Å²) >= 11 is 0. The molecule has 0 aromatic carbocycles. The standard InChI is InChI=1S/C16H23N3O5.C2H6/c1-5-6-7-15-9-10(12(21)18-11(9)20)16(24-15,8-17-15)19-13(22)23-14(2,3)4;1-2/h8-10H,5-7H2,1-4H3,(H,19,22)(H,18,20,21);1-2H3. The van der Waals surface area contributed by atoms with Gasteiger partial charge in [0.1, 0.15) is 17.4 Å². The van der Waals surface area contributed by atoms with Crippen molar-refractivity contribution in [2.24, 2.45) is 16.8 Å². The maximum Gasteiger partial charge on any atom is 0.410 e. The number of rotatable bonds is 4. The van der Waals surface area contributed by atoms with Gasteiger partial charge in [0.15, 0.2) is 11.4 Å². The average Bonchev–Trinajstić information content (AvgIpc) is 3.14. The van der Waals surface area contributed by atoms with Gasteiger partial charge in [0.05, 0.1) is 6.21 Å². The van der Waals surface area contributed by atoms with E-state index in [0.717, 1.165) is 12.8 Å². The van der Waals surface area contributed by atoms with Crippen LogP contribution in [0, 0.1) is 11.8 Å². The zero-order chi connectivity index (χ0) is 19.8. The van der Waals surface area contributed by atoms with E-state index in [1.165, 1.54) is 6.21 Å². The van der Waals surface area contributed by atoms with Crippen LogP contribution in [0.3, 0.4) is 0 Å². The molecule has 0 aliphatic carbocycles. The second-order valence-corrected chi connectivity index (χ2v) is 7.54. The second kappa shape index (κ2) is 6.98. The fourth-order valence-corrected chi connectivity index (χ4v) is 3.62. The molecule has 4 atom stereocenters. The summed E-state index contributed by atoms with van der Waals surface area (Å²) in [6.07, 6.45) is 2.93. The normalized spacial score (nSPS) is 34.1. The van der Waals surface area contributed by atoms with Crippen molar-refractivity contribution in [3.63, 3.8) is 0 Å². The summed E-state index contributed by atoms with van der Waals surface area (Å²) in [6, 6.07) is 0. The fourth-order valence-electron chi connectivity index (χ4n) is 3.62. The van der Waals surface area contributed by atoms with E-state index in [4.69, 9.17) is 9.47 Å². The molecule has 3 rings (SSSR count). The topological polar surface area (TPSA) is 106 Å². The number of ether oxygens (including phenoxy) is 2. The summed E-state index contributed by atoms with van der Waals surface area (Å²) in [5, 5.41) is 4.96. The van der Waals surface area contributed by atoms with Crippen LogP contribution >= 0.6 is 0 Å². The molecule has 3 aliphatic rings. The van der Waals surface area contributed by atoms with Crippen LogP contribution in [0.4, 0.5) is 4.79 Å². The third-order valence-electron chi connectivity index (χ3n) is 4.50. The van der Waals surface area contributed by atoms with E-state index in [-0.39, 0.29) is 0 Å². The van der Waals surface area contributed by atoms with Crippen molar-refractivity contribution in [2.45, 2.75) is 77.9 Å². The van der Waals surface area contributed by atoms with Crippen molar-refractivity contribution < 1.29 is 23.9 Å². The Morgan fingerprint density at radius 3 is 2.50 bits per heavy atom. The summed E-state index contributed by atoms with van der Waals surface area (Å²) in [4.78, 5) is 41.1. The SMILES string of the molecule is CC.CCCCC12N=CC(NC(=O)OC(C)(C)C)(O1)C1C(=O)NC(=O)C12. The number of nitrogens with one attached hydrogen (secondary N) is 2. The van der Waals surface area contributed by atoms with Gasteiger partial charge in [-0.25, -0.2) is 4.79 Å². The number of hydrogen-bond donors (Lipinski definition) is 2. The molecule has 0 radical (unpaired) electrons. The Morgan fingerprint density at radius 1 is 1.31 bits per heavy atom. The maximum atomic E-state index is 12.3.